The molecule has 104 valence electrons. The van der Waals surface area contributed by atoms with Crippen LogP contribution in [0.2, 0.25) is 0 Å². The highest BCUT2D eigenvalue weighted by Crippen LogP contribution is 2.14. The minimum atomic E-state index is -0.548. The van der Waals surface area contributed by atoms with Gasteiger partial charge in [-0.2, -0.15) is 0 Å². The van der Waals surface area contributed by atoms with Crippen molar-refractivity contribution in [2.75, 3.05) is 33.7 Å². The number of carbonyl (C=O) groups is 2. The van der Waals surface area contributed by atoms with Crippen LogP contribution in [-0.2, 0) is 9.53 Å². The van der Waals surface area contributed by atoms with Gasteiger partial charge in [-0.1, -0.05) is 0 Å². The Labute approximate surface area is 108 Å². The smallest absolute Gasteiger partial charge is 0.411 e. The summed E-state index contributed by atoms with van der Waals surface area (Å²) in [4.78, 5) is 27.1. The van der Waals surface area contributed by atoms with Crippen LogP contribution in [-0.4, -0.2) is 67.2 Å². The normalized spacial score (nSPS) is 20.5. The molecule has 0 aromatic rings. The van der Waals surface area contributed by atoms with Gasteiger partial charge < -0.3 is 15.0 Å². The summed E-state index contributed by atoms with van der Waals surface area (Å²) in [5.74, 6) is -0.0898. The molecule has 1 atom stereocenters. The van der Waals surface area contributed by atoms with Crippen LogP contribution in [0.25, 0.3) is 0 Å². The van der Waals surface area contributed by atoms with Crippen molar-refractivity contribution in [2.45, 2.75) is 32.4 Å². The van der Waals surface area contributed by atoms with Gasteiger partial charge in [0, 0.05) is 33.7 Å². The summed E-state index contributed by atoms with van der Waals surface area (Å²) in [7, 11) is 3.37. The van der Waals surface area contributed by atoms with E-state index in [9.17, 15) is 9.59 Å². The Bertz CT molecular complexity index is 323. The lowest BCUT2D eigenvalue weighted by atomic mass is 10.1. The number of hydrogen-bond acceptors (Lipinski definition) is 4. The lowest BCUT2D eigenvalue weighted by Crippen LogP contribution is -2.60. The molecule has 1 aliphatic heterocycles. The molecule has 0 bridgehead atoms. The first kappa shape index (κ1) is 14.8. The van der Waals surface area contributed by atoms with Gasteiger partial charge in [0.15, 0.2) is 0 Å². The predicted octanol–water partition coefficient (Wildman–Crippen LogP) is 0.284. The van der Waals surface area contributed by atoms with Crippen LogP contribution in [0.3, 0.4) is 0 Å². The fraction of sp³-hybridized carbons (Fsp3) is 0.833. The van der Waals surface area contributed by atoms with E-state index in [1.165, 1.54) is 9.80 Å². The molecule has 1 unspecified atom stereocenters. The van der Waals surface area contributed by atoms with Gasteiger partial charge in [-0.05, 0) is 20.8 Å². The number of rotatable bonds is 1. The van der Waals surface area contributed by atoms with E-state index in [1.54, 1.807) is 14.1 Å². The van der Waals surface area contributed by atoms with Crippen LogP contribution in [0.15, 0.2) is 0 Å². The second-order valence-electron chi connectivity index (χ2n) is 5.63. The number of nitrogens with one attached hydrogen (secondary N) is 1. The summed E-state index contributed by atoms with van der Waals surface area (Å²) in [6, 6.07) is -0.483. The highest BCUT2D eigenvalue weighted by molar-refractivity contribution is 5.86. The molecule has 0 spiro atoms. The largest absolute Gasteiger partial charge is 0.444 e. The van der Waals surface area contributed by atoms with Crippen LogP contribution in [0, 0.1) is 0 Å². The molecular formula is C12H23N3O3. The predicted molar refractivity (Wildman–Crippen MR) is 68.3 cm³/mol. The van der Waals surface area contributed by atoms with Gasteiger partial charge in [-0.3, -0.25) is 9.69 Å². The fourth-order valence-corrected chi connectivity index (χ4v) is 1.76. The number of likely N-dealkylation sites (N-methyl/N-ethyl adjacent to an activating group) is 1. The maximum absolute atomic E-state index is 12.1. The molecule has 1 aliphatic rings. The Kier molecular flexibility index (Phi) is 4.56. The molecule has 1 heterocycles. The summed E-state index contributed by atoms with van der Waals surface area (Å²) in [6.45, 7) is 7.08. The molecular weight excluding hydrogens is 234 g/mol. The van der Waals surface area contributed by atoms with Crippen molar-refractivity contribution in [3.05, 3.63) is 0 Å². The molecule has 1 fully saturated rings. The first-order valence-electron chi connectivity index (χ1n) is 6.14. The van der Waals surface area contributed by atoms with Gasteiger partial charge in [0.2, 0.25) is 5.91 Å². The van der Waals surface area contributed by atoms with Gasteiger partial charge in [-0.15, -0.1) is 0 Å². The average molecular weight is 257 g/mol. The van der Waals surface area contributed by atoms with Crippen LogP contribution in [0.1, 0.15) is 20.8 Å². The van der Waals surface area contributed by atoms with E-state index in [0.717, 1.165) is 0 Å². The SMILES string of the molecule is CN(C)C(=O)C1CNCCN1C(=O)OC(C)(C)C. The summed E-state index contributed by atoms with van der Waals surface area (Å²) < 4.78 is 5.33. The zero-order valence-electron chi connectivity index (χ0n) is 11.8. The van der Waals surface area contributed by atoms with E-state index < -0.39 is 17.7 Å². The highest BCUT2D eigenvalue weighted by Gasteiger charge is 2.35. The van der Waals surface area contributed by atoms with Crippen LogP contribution >= 0.6 is 0 Å². The summed E-state index contributed by atoms with van der Waals surface area (Å²) in [5, 5.41) is 3.12. The van der Waals surface area contributed by atoms with E-state index in [2.05, 4.69) is 5.32 Å². The van der Waals surface area contributed by atoms with Crippen LogP contribution < -0.4 is 5.32 Å². The lowest BCUT2D eigenvalue weighted by Gasteiger charge is -2.37. The summed E-state index contributed by atoms with van der Waals surface area (Å²) in [5.41, 5.74) is -0.548. The first-order valence-corrected chi connectivity index (χ1v) is 6.14. The minimum absolute atomic E-state index is 0.0898. The Morgan fingerprint density at radius 2 is 1.94 bits per heavy atom. The van der Waals surface area contributed by atoms with Gasteiger partial charge >= 0.3 is 6.09 Å². The van der Waals surface area contributed by atoms with Gasteiger partial charge in [0.05, 0.1) is 0 Å². The molecule has 1 N–H and O–H groups in total. The van der Waals surface area contributed by atoms with Gasteiger partial charge in [0.1, 0.15) is 11.6 Å². The monoisotopic (exact) mass is 257 g/mol. The Morgan fingerprint density at radius 1 is 1.33 bits per heavy atom. The zero-order chi connectivity index (χ0) is 13.9. The highest BCUT2D eigenvalue weighted by atomic mass is 16.6. The number of ether oxygens (including phenoxy) is 1. The maximum Gasteiger partial charge on any atom is 0.411 e. The van der Waals surface area contributed by atoms with Crippen molar-refractivity contribution in [2.24, 2.45) is 0 Å². The molecule has 6 heteroatoms. The average Bonchev–Trinajstić information content (AvgIpc) is 2.25. The molecule has 1 rings (SSSR count). The van der Waals surface area contributed by atoms with E-state index in [0.29, 0.717) is 19.6 Å². The Hall–Kier alpha value is -1.30. The van der Waals surface area contributed by atoms with Crippen molar-refractivity contribution in [3.63, 3.8) is 0 Å². The minimum Gasteiger partial charge on any atom is -0.444 e. The number of hydrogen-bond donors (Lipinski definition) is 1. The molecule has 1 saturated heterocycles. The van der Waals surface area contributed by atoms with E-state index >= 15 is 0 Å². The molecule has 0 aromatic carbocycles. The number of carbonyl (C=O) groups excluding carboxylic acids is 2. The fourth-order valence-electron chi connectivity index (χ4n) is 1.76. The third-order valence-corrected chi connectivity index (χ3v) is 2.60. The molecule has 0 saturated carbocycles. The van der Waals surface area contributed by atoms with E-state index in [4.69, 9.17) is 4.74 Å². The van der Waals surface area contributed by atoms with Crippen LogP contribution in [0.4, 0.5) is 4.79 Å². The van der Waals surface area contributed by atoms with Crippen molar-refractivity contribution >= 4 is 12.0 Å². The quantitative estimate of drug-likeness (QED) is 0.733. The molecule has 18 heavy (non-hydrogen) atoms. The first-order chi connectivity index (χ1) is 8.22. The van der Waals surface area contributed by atoms with Crippen molar-refractivity contribution in [1.29, 1.82) is 0 Å². The third kappa shape index (κ3) is 3.87. The third-order valence-electron chi connectivity index (χ3n) is 2.60. The molecule has 2 amide bonds. The maximum atomic E-state index is 12.1. The second-order valence-corrected chi connectivity index (χ2v) is 5.63. The summed E-state index contributed by atoms with van der Waals surface area (Å²) in [6.07, 6.45) is -0.427. The standard InChI is InChI=1S/C12H23N3O3/c1-12(2,3)18-11(17)15-7-6-13-8-9(15)10(16)14(4)5/h9,13H,6-8H2,1-5H3. The van der Waals surface area contributed by atoms with Crippen molar-refractivity contribution in [3.8, 4) is 0 Å². The van der Waals surface area contributed by atoms with E-state index in [1.807, 2.05) is 20.8 Å². The number of nitrogens with zero attached hydrogens (tertiary/aromatic N) is 2. The summed E-state index contributed by atoms with van der Waals surface area (Å²) >= 11 is 0. The topological polar surface area (TPSA) is 61.9 Å². The molecule has 0 aliphatic carbocycles. The molecule has 6 nitrogen and oxygen atoms in total. The number of piperazine rings is 1. The molecule has 0 aromatic heterocycles. The zero-order valence-corrected chi connectivity index (χ0v) is 11.8. The van der Waals surface area contributed by atoms with E-state index in [-0.39, 0.29) is 5.91 Å². The second kappa shape index (κ2) is 5.56. The molecule has 0 radical (unpaired) electrons. The Balaban J connectivity index is 2.76. The lowest BCUT2D eigenvalue weighted by molar-refractivity contribution is -0.134. The van der Waals surface area contributed by atoms with Gasteiger partial charge in [-0.25, -0.2) is 4.79 Å². The number of amides is 2. The van der Waals surface area contributed by atoms with Crippen LogP contribution in [0.5, 0.6) is 0 Å². The Morgan fingerprint density at radius 3 is 2.44 bits per heavy atom. The van der Waals surface area contributed by atoms with Crippen molar-refractivity contribution in [1.82, 2.24) is 15.1 Å². The van der Waals surface area contributed by atoms with Crippen molar-refractivity contribution < 1.29 is 14.3 Å². The van der Waals surface area contributed by atoms with Gasteiger partial charge in [0.25, 0.3) is 0 Å².